The van der Waals surface area contributed by atoms with E-state index in [-0.39, 0.29) is 16.2 Å². The number of hydrogen-bond acceptors (Lipinski definition) is 4. The van der Waals surface area contributed by atoms with Gasteiger partial charge in [0.15, 0.2) is 11.6 Å². The number of aryl methyl sites for hydroxylation is 2. The van der Waals surface area contributed by atoms with Crippen molar-refractivity contribution in [1.82, 2.24) is 9.78 Å². The highest BCUT2D eigenvalue weighted by molar-refractivity contribution is 7.92. The van der Waals surface area contributed by atoms with Crippen molar-refractivity contribution >= 4 is 15.7 Å². The maximum absolute atomic E-state index is 14.0. The first-order valence-corrected chi connectivity index (χ1v) is 8.17. The van der Waals surface area contributed by atoms with Gasteiger partial charge in [0.1, 0.15) is 0 Å². The lowest BCUT2D eigenvalue weighted by molar-refractivity contribution is 0.384. The van der Waals surface area contributed by atoms with Crippen LogP contribution in [-0.2, 0) is 23.5 Å². The molecule has 6 nitrogen and oxygen atoms in total. The van der Waals surface area contributed by atoms with E-state index < -0.39 is 15.8 Å². The van der Waals surface area contributed by atoms with E-state index in [4.69, 9.17) is 4.74 Å². The third-order valence-electron chi connectivity index (χ3n) is 3.30. The molecule has 1 heterocycles. The number of sulfonamides is 1. The molecule has 2 aromatic rings. The lowest BCUT2D eigenvalue weighted by Gasteiger charge is -2.12. The number of methoxy groups -OCH3 is 1. The molecule has 1 N–H and O–H groups in total. The van der Waals surface area contributed by atoms with Gasteiger partial charge in [-0.1, -0.05) is 6.92 Å². The molecule has 0 aliphatic heterocycles. The number of anilines is 1. The molecule has 0 spiro atoms. The van der Waals surface area contributed by atoms with Crippen molar-refractivity contribution in [2.24, 2.45) is 7.05 Å². The Labute approximate surface area is 129 Å². The largest absolute Gasteiger partial charge is 0.494 e. The molecule has 0 aliphatic carbocycles. The van der Waals surface area contributed by atoms with Crippen LogP contribution in [0.4, 0.5) is 10.1 Å². The van der Waals surface area contributed by atoms with Gasteiger partial charge in [-0.25, -0.2) is 12.8 Å². The number of benzene rings is 1. The van der Waals surface area contributed by atoms with Gasteiger partial charge in [-0.3, -0.25) is 9.40 Å². The number of nitrogens with one attached hydrogen (secondary N) is 1. The van der Waals surface area contributed by atoms with E-state index in [0.717, 1.165) is 0 Å². The molecule has 0 saturated carbocycles. The summed E-state index contributed by atoms with van der Waals surface area (Å²) < 4.78 is 47.9. The van der Waals surface area contributed by atoms with E-state index >= 15 is 0 Å². The first kappa shape index (κ1) is 16.3. The molecule has 0 fully saturated rings. The zero-order valence-electron chi connectivity index (χ0n) is 12.8. The van der Waals surface area contributed by atoms with Crippen molar-refractivity contribution in [2.45, 2.75) is 25.2 Å². The predicted octanol–water partition coefficient (Wildman–Crippen LogP) is 2.24. The summed E-state index contributed by atoms with van der Waals surface area (Å²) in [5.74, 6) is -0.681. The maximum atomic E-state index is 14.0. The van der Waals surface area contributed by atoms with Gasteiger partial charge in [-0.2, -0.15) is 5.10 Å². The van der Waals surface area contributed by atoms with Gasteiger partial charge in [-0.05, 0) is 25.5 Å². The second-order valence-electron chi connectivity index (χ2n) is 4.83. The number of halogens is 1. The van der Waals surface area contributed by atoms with Gasteiger partial charge in [-0.15, -0.1) is 0 Å². The summed E-state index contributed by atoms with van der Waals surface area (Å²) in [6, 6.07) is 2.61. The van der Waals surface area contributed by atoms with Crippen LogP contribution in [0.15, 0.2) is 23.2 Å². The van der Waals surface area contributed by atoms with Gasteiger partial charge in [0.05, 0.1) is 23.4 Å². The molecule has 0 saturated heterocycles. The summed E-state index contributed by atoms with van der Waals surface area (Å²) in [7, 11) is -0.879. The van der Waals surface area contributed by atoms with Crippen LogP contribution in [0.5, 0.6) is 5.75 Å². The Morgan fingerprint density at radius 3 is 2.68 bits per heavy atom. The molecular weight excluding hydrogens is 309 g/mol. The monoisotopic (exact) mass is 327 g/mol. The highest BCUT2D eigenvalue weighted by atomic mass is 32.2. The lowest BCUT2D eigenvalue weighted by atomic mass is 10.2. The zero-order chi connectivity index (χ0) is 16.5. The highest BCUT2D eigenvalue weighted by Crippen LogP contribution is 2.28. The Morgan fingerprint density at radius 2 is 2.09 bits per heavy atom. The predicted molar refractivity (Wildman–Crippen MR) is 81.1 cm³/mol. The molecule has 0 unspecified atom stereocenters. The van der Waals surface area contributed by atoms with Crippen molar-refractivity contribution in [3.63, 3.8) is 0 Å². The van der Waals surface area contributed by atoms with Gasteiger partial charge < -0.3 is 4.74 Å². The van der Waals surface area contributed by atoms with E-state index in [1.807, 2.05) is 6.92 Å². The standard InChI is InChI=1S/C14H18FN3O3S/c1-5-10-11(8-18(3)16-10)17-22(19,20)13-7-6-12(21-4)14(15)9(13)2/h6-8,17H,5H2,1-4H3. The summed E-state index contributed by atoms with van der Waals surface area (Å²) in [6.07, 6.45) is 2.15. The fourth-order valence-corrected chi connectivity index (χ4v) is 3.48. The van der Waals surface area contributed by atoms with Crippen LogP contribution in [0.25, 0.3) is 0 Å². The van der Waals surface area contributed by atoms with Crippen LogP contribution in [0.2, 0.25) is 0 Å². The summed E-state index contributed by atoms with van der Waals surface area (Å²) in [6.45, 7) is 3.27. The lowest BCUT2D eigenvalue weighted by Crippen LogP contribution is -2.15. The molecule has 2 rings (SSSR count). The van der Waals surface area contributed by atoms with E-state index in [1.54, 1.807) is 13.2 Å². The zero-order valence-corrected chi connectivity index (χ0v) is 13.7. The average molecular weight is 327 g/mol. The summed E-state index contributed by atoms with van der Waals surface area (Å²) in [4.78, 5) is -0.128. The molecule has 22 heavy (non-hydrogen) atoms. The molecule has 120 valence electrons. The third kappa shape index (κ3) is 2.92. The first-order chi connectivity index (χ1) is 10.3. The van der Waals surface area contributed by atoms with E-state index in [9.17, 15) is 12.8 Å². The summed E-state index contributed by atoms with van der Waals surface area (Å²) in [5, 5.41) is 4.17. The van der Waals surface area contributed by atoms with Crippen molar-refractivity contribution < 1.29 is 17.5 Å². The Kier molecular flexibility index (Phi) is 4.41. The highest BCUT2D eigenvalue weighted by Gasteiger charge is 2.23. The summed E-state index contributed by atoms with van der Waals surface area (Å²) >= 11 is 0. The third-order valence-corrected chi connectivity index (χ3v) is 4.81. The van der Waals surface area contributed by atoms with Crippen LogP contribution in [0, 0.1) is 12.7 Å². The van der Waals surface area contributed by atoms with E-state index in [0.29, 0.717) is 17.8 Å². The quantitative estimate of drug-likeness (QED) is 0.914. The fourth-order valence-electron chi connectivity index (χ4n) is 2.17. The van der Waals surface area contributed by atoms with Crippen molar-refractivity contribution in [3.8, 4) is 5.75 Å². The number of rotatable bonds is 5. The van der Waals surface area contributed by atoms with Crippen LogP contribution in [0.1, 0.15) is 18.2 Å². The van der Waals surface area contributed by atoms with Crippen LogP contribution in [0.3, 0.4) is 0 Å². The Morgan fingerprint density at radius 1 is 1.41 bits per heavy atom. The van der Waals surface area contributed by atoms with Crippen molar-refractivity contribution in [2.75, 3.05) is 11.8 Å². The molecule has 0 atom stereocenters. The van der Waals surface area contributed by atoms with Crippen LogP contribution < -0.4 is 9.46 Å². The van der Waals surface area contributed by atoms with Gasteiger partial charge in [0.25, 0.3) is 10.0 Å². The minimum Gasteiger partial charge on any atom is -0.494 e. The Hall–Kier alpha value is -2.09. The van der Waals surface area contributed by atoms with Crippen molar-refractivity contribution in [1.29, 1.82) is 0 Å². The van der Waals surface area contributed by atoms with E-state index in [1.165, 1.54) is 30.8 Å². The fraction of sp³-hybridized carbons (Fsp3) is 0.357. The second kappa shape index (κ2) is 5.96. The normalized spacial score (nSPS) is 11.5. The molecule has 0 bridgehead atoms. The van der Waals surface area contributed by atoms with Gasteiger partial charge in [0, 0.05) is 18.8 Å². The topological polar surface area (TPSA) is 73.2 Å². The number of nitrogens with zero attached hydrogens (tertiary/aromatic N) is 2. The maximum Gasteiger partial charge on any atom is 0.262 e. The average Bonchev–Trinajstić information content (AvgIpc) is 2.80. The van der Waals surface area contributed by atoms with Gasteiger partial charge >= 0.3 is 0 Å². The molecule has 0 aliphatic rings. The molecular formula is C14H18FN3O3S. The van der Waals surface area contributed by atoms with Gasteiger partial charge in [0.2, 0.25) is 0 Å². The van der Waals surface area contributed by atoms with Crippen LogP contribution in [-0.4, -0.2) is 25.3 Å². The minimum atomic E-state index is -3.91. The summed E-state index contributed by atoms with van der Waals surface area (Å²) in [5.41, 5.74) is 1.02. The minimum absolute atomic E-state index is 0.00655. The molecule has 1 aromatic heterocycles. The smallest absolute Gasteiger partial charge is 0.262 e. The first-order valence-electron chi connectivity index (χ1n) is 6.68. The molecule has 1 aromatic carbocycles. The van der Waals surface area contributed by atoms with Crippen molar-refractivity contribution in [3.05, 3.63) is 35.4 Å². The molecule has 0 radical (unpaired) electrons. The Bertz CT molecular complexity index is 800. The SMILES string of the molecule is CCc1nn(C)cc1NS(=O)(=O)c1ccc(OC)c(F)c1C. The number of hydrogen-bond donors (Lipinski definition) is 1. The molecule has 8 heteroatoms. The number of ether oxygens (including phenoxy) is 1. The van der Waals surface area contributed by atoms with E-state index in [2.05, 4.69) is 9.82 Å². The van der Waals surface area contributed by atoms with Crippen LogP contribution >= 0.6 is 0 Å². The number of aromatic nitrogens is 2. The Balaban J connectivity index is 2.45. The second-order valence-corrected chi connectivity index (χ2v) is 6.48. The molecule has 0 amide bonds.